The van der Waals surface area contributed by atoms with Gasteiger partial charge in [0.25, 0.3) is 0 Å². The highest BCUT2D eigenvalue weighted by Crippen LogP contribution is 2.53. The summed E-state index contributed by atoms with van der Waals surface area (Å²) >= 11 is 0. The number of halogens is 2. The minimum Gasteiger partial charge on any atom is -0.316 e. The third-order valence-corrected chi connectivity index (χ3v) is 3.81. The summed E-state index contributed by atoms with van der Waals surface area (Å²) in [6.45, 7) is 6.24. The highest BCUT2D eigenvalue weighted by Gasteiger charge is 2.50. The molecule has 1 saturated carbocycles. The molecule has 1 fully saturated rings. The van der Waals surface area contributed by atoms with Gasteiger partial charge >= 0.3 is 0 Å². The fourth-order valence-corrected chi connectivity index (χ4v) is 2.41. The van der Waals surface area contributed by atoms with E-state index in [1.54, 1.807) is 6.07 Å². The molecule has 0 saturated heterocycles. The van der Waals surface area contributed by atoms with Crippen molar-refractivity contribution in [2.45, 2.75) is 32.1 Å². The second kappa shape index (κ2) is 4.73. The molecule has 3 heteroatoms. The Bertz CT molecular complexity index is 405. The Morgan fingerprint density at radius 3 is 2.76 bits per heavy atom. The van der Waals surface area contributed by atoms with Crippen LogP contribution in [0.1, 0.15) is 32.3 Å². The zero-order chi connectivity index (χ0) is 12.5. The van der Waals surface area contributed by atoms with Crippen LogP contribution in [0.25, 0.3) is 0 Å². The van der Waals surface area contributed by atoms with Gasteiger partial charge in [-0.1, -0.05) is 19.9 Å². The largest absolute Gasteiger partial charge is 0.316 e. The number of benzene rings is 1. The van der Waals surface area contributed by atoms with E-state index in [0.29, 0.717) is 5.92 Å². The molecular weight excluding hydrogens is 220 g/mol. The molecule has 2 atom stereocenters. The first-order valence-electron chi connectivity index (χ1n) is 6.24. The highest BCUT2D eigenvalue weighted by atomic mass is 19.2. The first-order chi connectivity index (χ1) is 8.08. The van der Waals surface area contributed by atoms with E-state index in [0.717, 1.165) is 31.5 Å². The van der Waals surface area contributed by atoms with Crippen LogP contribution in [0.3, 0.4) is 0 Å². The van der Waals surface area contributed by atoms with Crippen LogP contribution >= 0.6 is 0 Å². The Morgan fingerprint density at radius 1 is 1.35 bits per heavy atom. The maximum Gasteiger partial charge on any atom is 0.159 e. The molecule has 94 valence electrons. The Kier molecular flexibility index (Phi) is 3.48. The van der Waals surface area contributed by atoms with Crippen molar-refractivity contribution in [2.24, 2.45) is 5.92 Å². The molecule has 1 aliphatic rings. The van der Waals surface area contributed by atoms with E-state index in [1.165, 1.54) is 12.1 Å². The van der Waals surface area contributed by atoms with Crippen molar-refractivity contribution in [3.63, 3.8) is 0 Å². The molecule has 1 nitrogen and oxygen atoms in total. The fraction of sp³-hybridized carbons (Fsp3) is 0.571. The summed E-state index contributed by atoms with van der Waals surface area (Å²) < 4.78 is 26.0. The monoisotopic (exact) mass is 239 g/mol. The first kappa shape index (κ1) is 12.5. The van der Waals surface area contributed by atoms with Crippen LogP contribution in [0, 0.1) is 17.6 Å². The Morgan fingerprint density at radius 2 is 2.12 bits per heavy atom. The molecule has 0 radical (unpaired) electrons. The van der Waals surface area contributed by atoms with Crippen molar-refractivity contribution in [2.75, 3.05) is 13.1 Å². The van der Waals surface area contributed by atoms with Crippen LogP contribution in [0.2, 0.25) is 0 Å². The van der Waals surface area contributed by atoms with Crippen molar-refractivity contribution in [1.82, 2.24) is 5.32 Å². The normalized spacial score (nSPS) is 27.2. The minimum absolute atomic E-state index is 0.0231. The van der Waals surface area contributed by atoms with Crippen LogP contribution in [0.5, 0.6) is 0 Å². The number of hydrogen-bond donors (Lipinski definition) is 1. The molecule has 2 rings (SSSR count). The summed E-state index contributed by atoms with van der Waals surface area (Å²) in [5.41, 5.74) is 0.939. The van der Waals surface area contributed by atoms with E-state index >= 15 is 0 Å². The van der Waals surface area contributed by atoms with Crippen LogP contribution in [-0.2, 0) is 5.41 Å². The van der Waals surface area contributed by atoms with Gasteiger partial charge in [-0.2, -0.15) is 0 Å². The van der Waals surface area contributed by atoms with Crippen LogP contribution in [0.15, 0.2) is 18.2 Å². The van der Waals surface area contributed by atoms with Crippen molar-refractivity contribution in [3.8, 4) is 0 Å². The second-order valence-corrected chi connectivity index (χ2v) is 5.15. The molecule has 2 unspecified atom stereocenters. The van der Waals surface area contributed by atoms with Gasteiger partial charge in [0.15, 0.2) is 11.6 Å². The van der Waals surface area contributed by atoms with Crippen molar-refractivity contribution >= 4 is 0 Å². The van der Waals surface area contributed by atoms with Gasteiger partial charge in [-0.05, 0) is 55.0 Å². The van der Waals surface area contributed by atoms with E-state index in [9.17, 15) is 8.78 Å². The van der Waals surface area contributed by atoms with E-state index in [-0.39, 0.29) is 5.41 Å². The molecule has 1 aliphatic carbocycles. The summed E-state index contributed by atoms with van der Waals surface area (Å²) in [6.07, 6.45) is 2.17. The van der Waals surface area contributed by atoms with Gasteiger partial charge in [0.2, 0.25) is 0 Å². The lowest BCUT2D eigenvalue weighted by molar-refractivity contribution is 0.502. The molecular formula is C14H19F2N. The molecule has 17 heavy (non-hydrogen) atoms. The average molecular weight is 239 g/mol. The minimum atomic E-state index is -0.765. The summed E-state index contributed by atoms with van der Waals surface area (Å²) in [5, 5.41) is 3.38. The van der Waals surface area contributed by atoms with Crippen LogP contribution < -0.4 is 5.32 Å². The Labute approximate surface area is 101 Å². The topological polar surface area (TPSA) is 12.0 Å². The van der Waals surface area contributed by atoms with E-state index in [4.69, 9.17) is 0 Å². The molecule has 0 amide bonds. The maximum absolute atomic E-state index is 13.2. The average Bonchev–Trinajstić information content (AvgIpc) is 2.95. The molecule has 1 aromatic carbocycles. The van der Waals surface area contributed by atoms with Gasteiger partial charge in [-0.3, -0.25) is 0 Å². The first-order valence-corrected chi connectivity index (χ1v) is 6.24. The quantitative estimate of drug-likeness (QED) is 0.778. The van der Waals surface area contributed by atoms with Crippen molar-refractivity contribution < 1.29 is 8.78 Å². The van der Waals surface area contributed by atoms with Crippen molar-refractivity contribution in [1.29, 1.82) is 0 Å². The van der Waals surface area contributed by atoms with E-state index in [1.807, 2.05) is 0 Å². The maximum atomic E-state index is 13.2. The van der Waals surface area contributed by atoms with E-state index in [2.05, 4.69) is 19.2 Å². The zero-order valence-electron chi connectivity index (χ0n) is 10.4. The standard InChI is InChI=1S/C14H19F2N/c1-3-6-17-9-11-8-14(11,2)10-4-5-12(15)13(16)7-10/h4-5,7,11,17H,3,6,8-9H2,1-2H3. The predicted octanol–water partition coefficient (Wildman–Crippen LogP) is 3.24. The molecule has 0 aromatic heterocycles. The van der Waals surface area contributed by atoms with Gasteiger partial charge in [0.05, 0.1) is 0 Å². The zero-order valence-corrected chi connectivity index (χ0v) is 10.4. The summed E-state index contributed by atoms with van der Waals surface area (Å²) in [4.78, 5) is 0. The smallest absolute Gasteiger partial charge is 0.159 e. The summed E-state index contributed by atoms with van der Waals surface area (Å²) in [5.74, 6) is -0.964. The molecule has 1 aromatic rings. The highest BCUT2D eigenvalue weighted by molar-refractivity contribution is 5.33. The molecule has 0 heterocycles. The van der Waals surface area contributed by atoms with Crippen molar-refractivity contribution in [3.05, 3.63) is 35.4 Å². The van der Waals surface area contributed by atoms with Crippen LogP contribution in [0.4, 0.5) is 8.78 Å². The Balaban J connectivity index is 2.01. The van der Waals surface area contributed by atoms with Crippen LogP contribution in [-0.4, -0.2) is 13.1 Å². The predicted molar refractivity (Wildman–Crippen MR) is 65.0 cm³/mol. The third-order valence-electron chi connectivity index (χ3n) is 3.81. The van der Waals surface area contributed by atoms with Gasteiger partial charge in [0, 0.05) is 0 Å². The fourth-order valence-electron chi connectivity index (χ4n) is 2.41. The third kappa shape index (κ3) is 2.49. The number of hydrogen-bond acceptors (Lipinski definition) is 1. The van der Waals surface area contributed by atoms with E-state index < -0.39 is 11.6 Å². The molecule has 0 bridgehead atoms. The lowest BCUT2D eigenvalue weighted by atomic mass is 9.95. The number of nitrogens with one attached hydrogen (secondary N) is 1. The molecule has 0 spiro atoms. The summed E-state index contributed by atoms with van der Waals surface area (Å²) in [6, 6.07) is 4.28. The SMILES string of the molecule is CCCNCC1CC1(C)c1ccc(F)c(F)c1. The summed E-state index contributed by atoms with van der Waals surface area (Å²) in [7, 11) is 0. The lowest BCUT2D eigenvalue weighted by Crippen LogP contribution is -2.21. The van der Waals surface area contributed by atoms with Gasteiger partial charge in [-0.15, -0.1) is 0 Å². The molecule has 1 N–H and O–H groups in total. The lowest BCUT2D eigenvalue weighted by Gasteiger charge is -2.12. The van der Waals surface area contributed by atoms with Gasteiger partial charge in [0.1, 0.15) is 0 Å². The number of rotatable bonds is 5. The molecule has 0 aliphatic heterocycles. The van der Waals surface area contributed by atoms with Gasteiger partial charge in [-0.25, -0.2) is 8.78 Å². The van der Waals surface area contributed by atoms with Gasteiger partial charge < -0.3 is 5.32 Å². The Hall–Kier alpha value is -0.960. The second-order valence-electron chi connectivity index (χ2n) is 5.15.